The standard InChI is InChI=1S/C11H13BrO4/c1-6(13)7(2)16-10-5-8(11(14)15)3-4-9(10)12/h3-7,13H,1-2H3,(H,14,15). The Morgan fingerprint density at radius 3 is 2.56 bits per heavy atom. The van der Waals surface area contributed by atoms with E-state index in [1.165, 1.54) is 12.1 Å². The summed E-state index contributed by atoms with van der Waals surface area (Å²) in [5, 5.41) is 18.1. The van der Waals surface area contributed by atoms with Gasteiger partial charge in [0.25, 0.3) is 0 Å². The van der Waals surface area contributed by atoms with Crippen molar-refractivity contribution in [3.8, 4) is 5.75 Å². The number of carboxylic acid groups (broad SMARTS) is 1. The van der Waals surface area contributed by atoms with Crippen LogP contribution in [0.4, 0.5) is 0 Å². The van der Waals surface area contributed by atoms with Gasteiger partial charge in [-0.3, -0.25) is 0 Å². The molecule has 2 N–H and O–H groups in total. The number of rotatable bonds is 4. The van der Waals surface area contributed by atoms with Crippen LogP contribution < -0.4 is 4.74 Å². The molecule has 0 spiro atoms. The zero-order valence-electron chi connectivity index (χ0n) is 8.98. The minimum absolute atomic E-state index is 0.149. The number of carboxylic acids is 1. The van der Waals surface area contributed by atoms with Crippen molar-refractivity contribution < 1.29 is 19.7 Å². The number of hydrogen-bond donors (Lipinski definition) is 2. The van der Waals surface area contributed by atoms with Gasteiger partial charge in [-0.05, 0) is 48.0 Å². The Morgan fingerprint density at radius 2 is 2.06 bits per heavy atom. The van der Waals surface area contributed by atoms with E-state index in [4.69, 9.17) is 9.84 Å². The van der Waals surface area contributed by atoms with Crippen molar-refractivity contribution in [3.63, 3.8) is 0 Å². The van der Waals surface area contributed by atoms with Crippen molar-refractivity contribution in [2.24, 2.45) is 0 Å². The summed E-state index contributed by atoms with van der Waals surface area (Å²) in [6, 6.07) is 4.51. The van der Waals surface area contributed by atoms with Gasteiger partial charge in [0.1, 0.15) is 11.9 Å². The van der Waals surface area contributed by atoms with Crippen LogP contribution in [-0.2, 0) is 0 Å². The summed E-state index contributed by atoms with van der Waals surface area (Å²) in [6.45, 7) is 3.32. The highest BCUT2D eigenvalue weighted by Crippen LogP contribution is 2.27. The Balaban J connectivity index is 2.94. The lowest BCUT2D eigenvalue weighted by Gasteiger charge is -2.18. The molecule has 16 heavy (non-hydrogen) atoms. The van der Waals surface area contributed by atoms with Crippen molar-refractivity contribution in [1.82, 2.24) is 0 Å². The maximum Gasteiger partial charge on any atom is 0.335 e. The first kappa shape index (κ1) is 13.0. The van der Waals surface area contributed by atoms with Crippen LogP contribution in [-0.4, -0.2) is 28.4 Å². The molecule has 5 heteroatoms. The van der Waals surface area contributed by atoms with Gasteiger partial charge in [-0.15, -0.1) is 0 Å². The molecule has 1 aromatic carbocycles. The molecule has 0 saturated carbocycles. The van der Waals surface area contributed by atoms with Crippen molar-refractivity contribution >= 4 is 21.9 Å². The lowest BCUT2D eigenvalue weighted by molar-refractivity contribution is 0.0595. The topological polar surface area (TPSA) is 66.8 Å². The molecule has 1 rings (SSSR count). The first-order chi connectivity index (χ1) is 7.41. The van der Waals surface area contributed by atoms with E-state index in [1.54, 1.807) is 19.9 Å². The van der Waals surface area contributed by atoms with Crippen molar-refractivity contribution in [1.29, 1.82) is 0 Å². The summed E-state index contributed by atoms with van der Waals surface area (Å²) in [5.74, 6) is -0.602. The normalized spacial score (nSPS) is 14.2. The molecule has 0 aliphatic rings. The Morgan fingerprint density at radius 1 is 1.44 bits per heavy atom. The summed E-state index contributed by atoms with van der Waals surface area (Å²) in [4.78, 5) is 10.8. The fraction of sp³-hybridized carbons (Fsp3) is 0.364. The van der Waals surface area contributed by atoms with Crippen LogP contribution >= 0.6 is 15.9 Å². The number of benzene rings is 1. The van der Waals surface area contributed by atoms with Crippen LogP contribution in [0.15, 0.2) is 22.7 Å². The highest BCUT2D eigenvalue weighted by Gasteiger charge is 2.14. The lowest BCUT2D eigenvalue weighted by Crippen LogP contribution is -2.25. The Kier molecular flexibility index (Phi) is 4.32. The third-order valence-corrected chi connectivity index (χ3v) is 2.83. The predicted molar refractivity (Wildman–Crippen MR) is 62.9 cm³/mol. The number of aliphatic hydroxyl groups excluding tert-OH is 1. The van der Waals surface area contributed by atoms with Crippen LogP contribution in [0.1, 0.15) is 24.2 Å². The van der Waals surface area contributed by atoms with E-state index >= 15 is 0 Å². The molecule has 0 fully saturated rings. The molecule has 0 aliphatic heterocycles. The first-order valence-electron chi connectivity index (χ1n) is 4.79. The van der Waals surface area contributed by atoms with Gasteiger partial charge < -0.3 is 14.9 Å². The minimum atomic E-state index is -1.01. The van der Waals surface area contributed by atoms with E-state index < -0.39 is 18.2 Å². The molecule has 4 nitrogen and oxygen atoms in total. The maximum absolute atomic E-state index is 10.8. The van der Waals surface area contributed by atoms with Crippen LogP contribution in [0, 0.1) is 0 Å². The van der Waals surface area contributed by atoms with E-state index in [1.807, 2.05) is 0 Å². The van der Waals surface area contributed by atoms with Crippen LogP contribution in [0.2, 0.25) is 0 Å². The van der Waals surface area contributed by atoms with E-state index in [2.05, 4.69) is 15.9 Å². The van der Waals surface area contributed by atoms with Crippen LogP contribution in [0.25, 0.3) is 0 Å². The zero-order valence-corrected chi connectivity index (χ0v) is 10.6. The van der Waals surface area contributed by atoms with Crippen molar-refractivity contribution in [2.75, 3.05) is 0 Å². The number of carbonyl (C=O) groups is 1. The van der Waals surface area contributed by atoms with Gasteiger partial charge in [0, 0.05) is 0 Å². The average Bonchev–Trinajstić information content (AvgIpc) is 2.20. The van der Waals surface area contributed by atoms with Gasteiger partial charge in [0.15, 0.2) is 0 Å². The molecule has 0 saturated heterocycles. The second-order valence-electron chi connectivity index (χ2n) is 3.51. The Labute approximate surface area is 102 Å². The predicted octanol–water partition coefficient (Wildman–Crippen LogP) is 2.30. The summed E-state index contributed by atoms with van der Waals surface area (Å²) in [5.41, 5.74) is 0.149. The second kappa shape index (κ2) is 5.32. The Bertz CT molecular complexity index is 390. The molecular formula is C11H13BrO4. The molecule has 0 radical (unpaired) electrons. The van der Waals surface area contributed by atoms with Gasteiger partial charge in [0.2, 0.25) is 0 Å². The van der Waals surface area contributed by atoms with Gasteiger partial charge in [0.05, 0.1) is 16.1 Å². The van der Waals surface area contributed by atoms with Gasteiger partial charge >= 0.3 is 5.97 Å². The summed E-state index contributed by atoms with van der Waals surface area (Å²) in [7, 11) is 0. The molecule has 0 bridgehead atoms. The van der Waals surface area contributed by atoms with Gasteiger partial charge in [-0.2, -0.15) is 0 Å². The van der Waals surface area contributed by atoms with Gasteiger partial charge in [-0.25, -0.2) is 4.79 Å². The smallest absolute Gasteiger partial charge is 0.335 e. The quantitative estimate of drug-likeness (QED) is 0.892. The van der Waals surface area contributed by atoms with Crippen molar-refractivity contribution in [3.05, 3.63) is 28.2 Å². The van der Waals surface area contributed by atoms with Gasteiger partial charge in [-0.1, -0.05) is 0 Å². The average molecular weight is 289 g/mol. The number of hydrogen-bond acceptors (Lipinski definition) is 3. The van der Waals surface area contributed by atoms with E-state index in [-0.39, 0.29) is 5.56 Å². The third-order valence-electron chi connectivity index (χ3n) is 2.17. The van der Waals surface area contributed by atoms with E-state index in [9.17, 15) is 9.90 Å². The minimum Gasteiger partial charge on any atom is -0.487 e. The van der Waals surface area contributed by atoms with Crippen molar-refractivity contribution in [2.45, 2.75) is 26.1 Å². The second-order valence-corrected chi connectivity index (χ2v) is 4.37. The fourth-order valence-corrected chi connectivity index (χ4v) is 1.37. The highest BCUT2D eigenvalue weighted by atomic mass is 79.9. The SMILES string of the molecule is CC(O)C(C)Oc1cc(C(=O)O)ccc1Br. The van der Waals surface area contributed by atoms with Crippen LogP contribution in [0.5, 0.6) is 5.75 Å². The molecule has 0 heterocycles. The largest absolute Gasteiger partial charge is 0.487 e. The number of ether oxygens (including phenoxy) is 1. The van der Waals surface area contributed by atoms with E-state index in [0.717, 1.165) is 0 Å². The number of aromatic carboxylic acids is 1. The summed E-state index contributed by atoms with van der Waals surface area (Å²) >= 11 is 3.26. The van der Waals surface area contributed by atoms with Crippen LogP contribution in [0.3, 0.4) is 0 Å². The number of aliphatic hydroxyl groups is 1. The Hall–Kier alpha value is -1.07. The maximum atomic E-state index is 10.8. The monoisotopic (exact) mass is 288 g/mol. The lowest BCUT2D eigenvalue weighted by atomic mass is 10.2. The molecule has 88 valence electrons. The third kappa shape index (κ3) is 3.21. The summed E-state index contributed by atoms with van der Waals surface area (Å²) < 4.78 is 6.09. The summed E-state index contributed by atoms with van der Waals surface area (Å²) in [6.07, 6.45) is -1.03. The molecule has 0 amide bonds. The zero-order chi connectivity index (χ0) is 12.3. The fourth-order valence-electron chi connectivity index (χ4n) is 1.03. The first-order valence-corrected chi connectivity index (χ1v) is 5.58. The molecular weight excluding hydrogens is 276 g/mol. The molecule has 0 aromatic heterocycles. The molecule has 1 aromatic rings. The molecule has 0 aliphatic carbocycles. The number of halogens is 1. The molecule has 2 unspecified atom stereocenters. The highest BCUT2D eigenvalue weighted by molar-refractivity contribution is 9.10. The molecule has 2 atom stereocenters. The van der Waals surface area contributed by atoms with E-state index in [0.29, 0.717) is 10.2 Å².